The van der Waals surface area contributed by atoms with Crippen LogP contribution >= 0.6 is 23.4 Å². The number of thioether (sulfide) groups is 1. The first-order valence-electron chi connectivity index (χ1n) is 7.87. The van der Waals surface area contributed by atoms with Gasteiger partial charge in [0, 0.05) is 27.8 Å². The van der Waals surface area contributed by atoms with E-state index >= 15 is 0 Å². The fourth-order valence-corrected chi connectivity index (χ4v) is 3.51. The van der Waals surface area contributed by atoms with E-state index in [0.29, 0.717) is 16.3 Å². The van der Waals surface area contributed by atoms with Crippen LogP contribution in [0.25, 0.3) is 11.3 Å². The first kappa shape index (κ1) is 16.8. The van der Waals surface area contributed by atoms with E-state index in [0.717, 1.165) is 27.3 Å². The molecule has 0 unspecified atom stereocenters. The molecule has 0 bridgehead atoms. The minimum Gasteiger partial charge on any atom is -0.312 e. The van der Waals surface area contributed by atoms with Crippen molar-refractivity contribution in [1.82, 2.24) is 4.98 Å². The summed E-state index contributed by atoms with van der Waals surface area (Å²) in [5, 5.41) is 4.48. The number of nitrogens with zero attached hydrogens (tertiary/aromatic N) is 2. The van der Waals surface area contributed by atoms with Crippen molar-refractivity contribution in [1.29, 1.82) is 0 Å². The smallest absolute Gasteiger partial charge is 0.312 e. The molecule has 26 heavy (non-hydrogen) atoms. The van der Waals surface area contributed by atoms with Crippen LogP contribution in [0, 0.1) is 0 Å². The van der Waals surface area contributed by atoms with Gasteiger partial charge in [0.15, 0.2) is 0 Å². The molecule has 1 heterocycles. The van der Waals surface area contributed by atoms with E-state index in [-0.39, 0.29) is 0 Å². The second-order valence-corrected chi connectivity index (χ2v) is 6.90. The Balaban J connectivity index is 1.70. The van der Waals surface area contributed by atoms with E-state index in [1.54, 1.807) is 18.3 Å². The first-order valence-corrected chi connectivity index (χ1v) is 9.47. The molecule has 0 N–H and O–H groups in total. The lowest BCUT2D eigenvalue weighted by molar-refractivity contribution is 0.0517. The van der Waals surface area contributed by atoms with E-state index in [1.807, 2.05) is 48.7 Å². The predicted molar refractivity (Wildman–Crippen MR) is 104 cm³/mol. The third-order valence-electron chi connectivity index (χ3n) is 4.11. The molecule has 1 aliphatic carbocycles. The van der Waals surface area contributed by atoms with Gasteiger partial charge in [-0.25, -0.2) is 4.79 Å². The van der Waals surface area contributed by atoms with Gasteiger partial charge in [0.25, 0.3) is 0 Å². The summed E-state index contributed by atoms with van der Waals surface area (Å²) in [6, 6.07) is 16.8. The lowest BCUT2D eigenvalue weighted by Gasteiger charge is -2.05. The van der Waals surface area contributed by atoms with Gasteiger partial charge < -0.3 is 4.84 Å². The van der Waals surface area contributed by atoms with Gasteiger partial charge in [-0.05, 0) is 36.6 Å². The molecule has 1 aromatic heterocycles. The lowest BCUT2D eigenvalue weighted by atomic mass is 10.1. The van der Waals surface area contributed by atoms with Crippen molar-refractivity contribution in [3.8, 4) is 11.3 Å². The number of fused-ring (bicyclic) bond motifs is 3. The van der Waals surface area contributed by atoms with Crippen molar-refractivity contribution < 1.29 is 9.63 Å². The Hall–Kier alpha value is -2.63. The van der Waals surface area contributed by atoms with Crippen molar-refractivity contribution in [2.75, 3.05) is 6.26 Å². The minimum absolute atomic E-state index is 0.292. The molecule has 0 atom stereocenters. The summed E-state index contributed by atoms with van der Waals surface area (Å²) in [5.41, 5.74) is 4.42. The van der Waals surface area contributed by atoms with Crippen molar-refractivity contribution in [3.05, 3.63) is 82.5 Å². The Morgan fingerprint density at radius 1 is 1.08 bits per heavy atom. The highest BCUT2D eigenvalue weighted by Crippen LogP contribution is 2.35. The van der Waals surface area contributed by atoms with E-state index in [9.17, 15) is 4.79 Å². The lowest BCUT2D eigenvalue weighted by Crippen LogP contribution is -2.06. The Morgan fingerprint density at radius 2 is 1.85 bits per heavy atom. The number of oxime groups is 1. The second-order valence-electron chi connectivity index (χ2n) is 5.61. The van der Waals surface area contributed by atoms with E-state index < -0.39 is 5.97 Å². The van der Waals surface area contributed by atoms with E-state index in [4.69, 9.17) is 16.4 Å². The number of rotatable bonds is 3. The molecule has 0 radical (unpaired) electrons. The molecule has 0 saturated carbocycles. The first-order chi connectivity index (χ1) is 12.7. The molecule has 0 amide bonds. The van der Waals surface area contributed by atoms with Gasteiger partial charge in [-0.1, -0.05) is 41.0 Å². The van der Waals surface area contributed by atoms with Gasteiger partial charge in [0.1, 0.15) is 5.71 Å². The zero-order chi connectivity index (χ0) is 18.1. The van der Waals surface area contributed by atoms with Gasteiger partial charge in [-0.3, -0.25) is 4.98 Å². The second kappa shape index (κ2) is 6.94. The van der Waals surface area contributed by atoms with Crippen LogP contribution in [-0.4, -0.2) is 22.9 Å². The Bertz CT molecular complexity index is 1000. The molecular weight excluding hydrogens is 368 g/mol. The summed E-state index contributed by atoms with van der Waals surface area (Å²) in [4.78, 5) is 23.1. The highest BCUT2D eigenvalue weighted by atomic mass is 35.5. The molecule has 2 aromatic carbocycles. The topological polar surface area (TPSA) is 51.5 Å². The van der Waals surface area contributed by atoms with Crippen LogP contribution < -0.4 is 0 Å². The number of hydrogen-bond acceptors (Lipinski definition) is 5. The number of carbonyl (C=O) groups excluding carboxylic acids is 1. The maximum absolute atomic E-state index is 12.5. The van der Waals surface area contributed by atoms with Gasteiger partial charge >= 0.3 is 5.97 Å². The van der Waals surface area contributed by atoms with Gasteiger partial charge in [-0.2, -0.15) is 0 Å². The minimum atomic E-state index is -0.590. The quantitative estimate of drug-likeness (QED) is 0.283. The summed E-state index contributed by atoms with van der Waals surface area (Å²) >= 11 is 7.66. The highest BCUT2D eigenvalue weighted by Gasteiger charge is 2.26. The van der Waals surface area contributed by atoms with Crippen LogP contribution in [0.1, 0.15) is 21.5 Å². The van der Waals surface area contributed by atoms with Crippen LogP contribution in [0.4, 0.5) is 0 Å². The molecule has 6 heteroatoms. The highest BCUT2D eigenvalue weighted by molar-refractivity contribution is 7.98. The molecule has 128 valence electrons. The van der Waals surface area contributed by atoms with Crippen LogP contribution in [0.5, 0.6) is 0 Å². The Labute approximate surface area is 159 Å². The Morgan fingerprint density at radius 3 is 2.65 bits per heavy atom. The van der Waals surface area contributed by atoms with Crippen molar-refractivity contribution in [3.63, 3.8) is 0 Å². The third-order valence-corrected chi connectivity index (χ3v) is 5.17. The maximum atomic E-state index is 12.5. The van der Waals surface area contributed by atoms with Crippen LogP contribution in [0.3, 0.4) is 0 Å². The number of aromatic nitrogens is 1. The molecule has 3 aromatic rings. The Kier molecular flexibility index (Phi) is 4.49. The van der Waals surface area contributed by atoms with E-state index in [2.05, 4.69) is 10.1 Å². The number of benzene rings is 2. The molecule has 0 saturated heterocycles. The summed E-state index contributed by atoms with van der Waals surface area (Å²) in [5.74, 6) is -0.590. The van der Waals surface area contributed by atoms with Gasteiger partial charge in [0.05, 0.1) is 16.3 Å². The number of hydrogen-bond donors (Lipinski definition) is 0. The molecule has 0 fully saturated rings. The zero-order valence-electron chi connectivity index (χ0n) is 13.8. The van der Waals surface area contributed by atoms with Crippen molar-refractivity contribution in [2.24, 2.45) is 5.16 Å². The largest absolute Gasteiger partial charge is 0.367 e. The third kappa shape index (κ3) is 2.89. The van der Waals surface area contributed by atoms with Gasteiger partial charge in [-0.15, -0.1) is 11.8 Å². The average Bonchev–Trinajstić information content (AvgIpc) is 3.00. The zero-order valence-corrected chi connectivity index (χ0v) is 15.3. The summed E-state index contributed by atoms with van der Waals surface area (Å²) in [6.07, 6.45) is 3.66. The molecule has 4 rings (SSSR count). The number of pyridine rings is 1. The molecule has 1 aliphatic rings. The van der Waals surface area contributed by atoms with Crippen LogP contribution in [0.15, 0.2) is 70.8 Å². The van der Waals surface area contributed by atoms with Crippen molar-refractivity contribution in [2.45, 2.75) is 4.90 Å². The van der Waals surface area contributed by atoms with Gasteiger partial charge in [0.2, 0.25) is 0 Å². The molecule has 0 aliphatic heterocycles. The van der Waals surface area contributed by atoms with Crippen molar-refractivity contribution >= 4 is 35.0 Å². The fourth-order valence-electron chi connectivity index (χ4n) is 2.87. The fraction of sp³-hybridized carbons (Fsp3) is 0.0500. The normalized spacial score (nSPS) is 13.4. The molecule has 0 spiro atoms. The molecular formula is C20H13ClN2O2S. The maximum Gasteiger partial charge on any atom is 0.367 e. The number of halogens is 1. The van der Waals surface area contributed by atoms with Crippen LogP contribution in [0.2, 0.25) is 5.02 Å². The summed E-state index contributed by atoms with van der Waals surface area (Å²) in [7, 11) is 0. The monoisotopic (exact) mass is 380 g/mol. The predicted octanol–water partition coefficient (Wildman–Crippen LogP) is 5.05. The summed E-state index contributed by atoms with van der Waals surface area (Å²) in [6.45, 7) is 0. The SMILES string of the molecule is CSc1ccc(Cl)c(C(=O)ON=C2c3ccccc3-c3ncccc32)c1. The average molecular weight is 381 g/mol. The van der Waals surface area contributed by atoms with E-state index in [1.165, 1.54) is 11.8 Å². The summed E-state index contributed by atoms with van der Waals surface area (Å²) < 4.78 is 0. The molecule has 4 nitrogen and oxygen atoms in total. The number of carbonyl (C=O) groups is 1. The standard InChI is InChI=1S/C20H13ClN2O2S/c1-26-12-8-9-17(21)16(11-12)20(24)25-23-19-14-6-3-2-5-13(14)18-15(19)7-4-10-22-18/h2-11H,1H3. The van der Waals surface area contributed by atoms with Crippen LogP contribution in [-0.2, 0) is 4.84 Å².